The molecule has 2 aromatic carbocycles. The van der Waals surface area contributed by atoms with Crippen LogP contribution in [0, 0.1) is 10.1 Å². The summed E-state index contributed by atoms with van der Waals surface area (Å²) in [6, 6.07) is 15.5. The van der Waals surface area contributed by atoms with Gasteiger partial charge >= 0.3 is 5.69 Å². The predicted molar refractivity (Wildman–Crippen MR) is 120 cm³/mol. The van der Waals surface area contributed by atoms with E-state index in [0.717, 1.165) is 6.33 Å². The lowest BCUT2D eigenvalue weighted by atomic mass is 10.1. The highest BCUT2D eigenvalue weighted by Gasteiger charge is 2.25. The summed E-state index contributed by atoms with van der Waals surface area (Å²) >= 11 is 12.2. The van der Waals surface area contributed by atoms with Gasteiger partial charge in [-0.05, 0) is 36.6 Å². The summed E-state index contributed by atoms with van der Waals surface area (Å²) in [5.74, 6) is -0.0456. The number of hydrogen-bond donors (Lipinski definition) is 1. The maximum absolute atomic E-state index is 13.5. The minimum absolute atomic E-state index is 0.0456. The van der Waals surface area contributed by atoms with Gasteiger partial charge in [-0.25, -0.2) is 9.97 Å². The van der Waals surface area contributed by atoms with Crippen LogP contribution < -0.4 is 10.9 Å². The molecule has 0 radical (unpaired) electrons. The molecule has 31 heavy (non-hydrogen) atoms. The molecule has 8 nitrogen and oxygen atoms in total. The van der Waals surface area contributed by atoms with Crippen molar-refractivity contribution in [1.82, 2.24) is 14.5 Å². The Morgan fingerprint density at radius 2 is 1.84 bits per heavy atom. The van der Waals surface area contributed by atoms with Gasteiger partial charge in [-0.2, -0.15) is 0 Å². The maximum atomic E-state index is 13.5. The van der Waals surface area contributed by atoms with Crippen molar-refractivity contribution >= 4 is 45.5 Å². The van der Waals surface area contributed by atoms with E-state index in [-0.39, 0.29) is 16.5 Å². The highest BCUT2D eigenvalue weighted by molar-refractivity contribution is 6.35. The van der Waals surface area contributed by atoms with Crippen LogP contribution in [0.3, 0.4) is 0 Å². The molecule has 10 heteroatoms. The van der Waals surface area contributed by atoms with Crippen LogP contribution in [0.2, 0.25) is 10.2 Å². The van der Waals surface area contributed by atoms with Crippen molar-refractivity contribution in [2.24, 2.45) is 0 Å². The number of nitrogens with one attached hydrogen (secondary N) is 1. The Bertz CT molecular complexity index is 1360. The molecule has 4 rings (SSSR count). The number of benzene rings is 2. The molecule has 4 aromatic rings. The van der Waals surface area contributed by atoms with Gasteiger partial charge in [0.25, 0.3) is 5.56 Å². The minimum atomic E-state index is -0.651. The Kier molecular flexibility index (Phi) is 5.58. The van der Waals surface area contributed by atoms with Crippen molar-refractivity contribution < 1.29 is 4.92 Å². The van der Waals surface area contributed by atoms with E-state index < -0.39 is 16.7 Å². The molecule has 0 aliphatic heterocycles. The Morgan fingerprint density at radius 1 is 1.10 bits per heavy atom. The molecular formula is C21H15Cl2N5O3. The lowest BCUT2D eigenvalue weighted by molar-refractivity contribution is -0.384. The van der Waals surface area contributed by atoms with Crippen molar-refractivity contribution in [3.63, 3.8) is 0 Å². The number of anilines is 1. The Balaban J connectivity index is 1.93. The molecule has 0 amide bonds. The van der Waals surface area contributed by atoms with Gasteiger partial charge in [-0.15, -0.1) is 0 Å². The summed E-state index contributed by atoms with van der Waals surface area (Å²) in [6.45, 7) is 1.77. The second-order valence-corrected chi connectivity index (χ2v) is 7.50. The summed E-state index contributed by atoms with van der Waals surface area (Å²) in [5, 5.41) is 15.6. The maximum Gasteiger partial charge on any atom is 0.348 e. The molecular weight excluding hydrogens is 441 g/mol. The zero-order valence-electron chi connectivity index (χ0n) is 16.1. The second kappa shape index (κ2) is 8.33. The molecule has 0 aliphatic carbocycles. The summed E-state index contributed by atoms with van der Waals surface area (Å²) in [5.41, 5.74) is 0.463. The molecule has 2 aromatic heterocycles. The predicted octanol–water partition coefficient (Wildman–Crippen LogP) is 5.17. The molecule has 2 heterocycles. The molecule has 0 aliphatic rings. The number of rotatable bonds is 5. The van der Waals surface area contributed by atoms with Gasteiger partial charge in [0.2, 0.25) is 11.0 Å². The van der Waals surface area contributed by atoms with E-state index in [1.54, 1.807) is 37.3 Å². The second-order valence-electron chi connectivity index (χ2n) is 6.73. The van der Waals surface area contributed by atoms with E-state index in [9.17, 15) is 14.9 Å². The number of halogens is 2. The normalized spacial score (nSPS) is 12.0. The van der Waals surface area contributed by atoms with Gasteiger partial charge < -0.3 is 5.32 Å². The first kappa shape index (κ1) is 20.8. The first-order chi connectivity index (χ1) is 14.9. The van der Waals surface area contributed by atoms with E-state index >= 15 is 0 Å². The summed E-state index contributed by atoms with van der Waals surface area (Å²) in [7, 11) is 0. The quantitative estimate of drug-likeness (QED) is 0.253. The topological polar surface area (TPSA) is 103 Å². The van der Waals surface area contributed by atoms with Crippen molar-refractivity contribution in [3.8, 4) is 5.69 Å². The largest absolute Gasteiger partial charge is 0.356 e. The summed E-state index contributed by atoms with van der Waals surface area (Å²) in [4.78, 5) is 31.9. The lowest BCUT2D eigenvalue weighted by Crippen LogP contribution is -2.26. The molecule has 1 atom stereocenters. The fourth-order valence-electron chi connectivity index (χ4n) is 3.41. The third-order valence-corrected chi connectivity index (χ3v) is 5.39. The fourth-order valence-corrected chi connectivity index (χ4v) is 3.87. The van der Waals surface area contributed by atoms with Crippen molar-refractivity contribution in [3.05, 3.63) is 97.3 Å². The molecule has 0 spiro atoms. The van der Waals surface area contributed by atoms with E-state index in [0.29, 0.717) is 27.2 Å². The molecule has 0 saturated carbocycles. The van der Waals surface area contributed by atoms with Crippen molar-refractivity contribution in [2.75, 3.05) is 5.32 Å². The van der Waals surface area contributed by atoms with Gasteiger partial charge in [-0.1, -0.05) is 53.5 Å². The fraction of sp³-hybridized carbons (Fsp3) is 0.0952. The van der Waals surface area contributed by atoms with Crippen LogP contribution >= 0.6 is 23.2 Å². The molecule has 0 bridgehead atoms. The monoisotopic (exact) mass is 455 g/mol. The number of hydrogen-bond acceptors (Lipinski definition) is 6. The standard InChI is InChI=1S/C21H15Cl2N5O3/c1-12(26-20-18(28(30)31)19(23)24-11-25-20)16-10-13-6-5-9-15(22)17(13)21(29)27(16)14-7-3-2-4-8-14/h2-12H,1H3,(H,24,25,26)/t12-/m0/s1. The number of nitro groups is 1. The van der Waals surface area contributed by atoms with Gasteiger partial charge in [-0.3, -0.25) is 19.5 Å². The Labute approximate surface area is 186 Å². The third kappa shape index (κ3) is 3.83. The Morgan fingerprint density at radius 3 is 2.55 bits per heavy atom. The van der Waals surface area contributed by atoms with E-state index in [4.69, 9.17) is 23.2 Å². The SMILES string of the molecule is C[C@H](Nc1ncnc(Cl)c1[N+](=O)[O-])c1cc2cccc(Cl)c2c(=O)n1-c1ccccc1. The van der Waals surface area contributed by atoms with Crippen LogP contribution in [0.15, 0.2) is 65.7 Å². The average Bonchev–Trinajstić information content (AvgIpc) is 2.74. The summed E-state index contributed by atoms with van der Waals surface area (Å²) < 4.78 is 1.53. The molecule has 0 unspecified atom stereocenters. The lowest BCUT2D eigenvalue weighted by Gasteiger charge is -2.21. The van der Waals surface area contributed by atoms with Crippen LogP contribution in [0.1, 0.15) is 18.7 Å². The third-order valence-electron chi connectivity index (χ3n) is 4.80. The highest BCUT2D eigenvalue weighted by Crippen LogP contribution is 2.32. The smallest absolute Gasteiger partial charge is 0.348 e. The van der Waals surface area contributed by atoms with Gasteiger partial charge in [0, 0.05) is 11.4 Å². The van der Waals surface area contributed by atoms with Gasteiger partial charge in [0.1, 0.15) is 6.33 Å². The van der Waals surface area contributed by atoms with E-state index in [2.05, 4.69) is 15.3 Å². The first-order valence-corrected chi connectivity index (χ1v) is 9.95. The van der Waals surface area contributed by atoms with Crippen molar-refractivity contribution in [1.29, 1.82) is 0 Å². The minimum Gasteiger partial charge on any atom is -0.356 e. The zero-order chi connectivity index (χ0) is 22.1. The summed E-state index contributed by atoms with van der Waals surface area (Å²) in [6.07, 6.45) is 1.13. The number of aromatic nitrogens is 3. The van der Waals surface area contributed by atoms with Crippen LogP contribution in [0.5, 0.6) is 0 Å². The zero-order valence-corrected chi connectivity index (χ0v) is 17.6. The van der Waals surface area contributed by atoms with Crippen molar-refractivity contribution in [2.45, 2.75) is 13.0 Å². The molecule has 1 N–H and O–H groups in total. The van der Waals surface area contributed by atoms with Crippen LogP contribution in [-0.4, -0.2) is 19.5 Å². The van der Waals surface area contributed by atoms with E-state index in [1.165, 1.54) is 4.57 Å². The van der Waals surface area contributed by atoms with Crippen LogP contribution in [0.4, 0.5) is 11.5 Å². The first-order valence-electron chi connectivity index (χ1n) is 9.19. The van der Waals surface area contributed by atoms with Gasteiger partial charge in [0.05, 0.1) is 21.4 Å². The number of nitrogens with zero attached hydrogens (tertiary/aromatic N) is 4. The molecule has 0 fully saturated rings. The number of fused-ring (bicyclic) bond motifs is 1. The average molecular weight is 456 g/mol. The molecule has 156 valence electrons. The van der Waals surface area contributed by atoms with Crippen LogP contribution in [0.25, 0.3) is 16.5 Å². The van der Waals surface area contributed by atoms with Gasteiger partial charge in [0.15, 0.2) is 0 Å². The van der Waals surface area contributed by atoms with Crippen LogP contribution in [-0.2, 0) is 0 Å². The number of para-hydroxylation sites is 1. The molecule has 0 saturated heterocycles. The number of pyridine rings is 1. The van der Waals surface area contributed by atoms with E-state index in [1.807, 2.05) is 24.3 Å². The Hall–Kier alpha value is -3.49. The highest BCUT2D eigenvalue weighted by atomic mass is 35.5.